The minimum atomic E-state index is 0.728. The minimum Gasteiger partial charge on any atom is -0.497 e. The standard InChI is InChI=1S/C13H14N2OS/c1-16-11-6-4-10(5-7-11)9-17-13-12(14)3-2-8-15-13/h2-8H,9,14H2,1H3. The van der Waals surface area contributed by atoms with Gasteiger partial charge < -0.3 is 10.5 Å². The van der Waals surface area contributed by atoms with Crippen molar-refractivity contribution in [3.63, 3.8) is 0 Å². The van der Waals surface area contributed by atoms with E-state index in [1.807, 2.05) is 36.4 Å². The summed E-state index contributed by atoms with van der Waals surface area (Å²) in [6.45, 7) is 0. The Morgan fingerprint density at radius 2 is 2.00 bits per heavy atom. The summed E-state index contributed by atoms with van der Waals surface area (Å²) in [4.78, 5) is 4.24. The van der Waals surface area contributed by atoms with Crippen LogP contribution in [0.1, 0.15) is 5.56 Å². The van der Waals surface area contributed by atoms with Gasteiger partial charge in [0, 0.05) is 11.9 Å². The van der Waals surface area contributed by atoms with E-state index in [0.717, 1.165) is 22.2 Å². The summed E-state index contributed by atoms with van der Waals surface area (Å²) in [6, 6.07) is 11.7. The number of nitrogens with two attached hydrogens (primary N) is 1. The van der Waals surface area contributed by atoms with Crippen LogP contribution in [0, 0.1) is 0 Å². The molecule has 0 radical (unpaired) electrons. The van der Waals surface area contributed by atoms with E-state index >= 15 is 0 Å². The fraction of sp³-hybridized carbons (Fsp3) is 0.154. The highest BCUT2D eigenvalue weighted by Crippen LogP contribution is 2.26. The van der Waals surface area contributed by atoms with E-state index in [4.69, 9.17) is 10.5 Å². The predicted octanol–water partition coefficient (Wildman–Crippen LogP) is 2.96. The number of rotatable bonds is 4. The van der Waals surface area contributed by atoms with Crippen molar-refractivity contribution in [3.8, 4) is 5.75 Å². The van der Waals surface area contributed by atoms with Gasteiger partial charge in [0.1, 0.15) is 10.8 Å². The molecule has 0 saturated carbocycles. The molecule has 2 N–H and O–H groups in total. The Kier molecular flexibility index (Phi) is 3.88. The Morgan fingerprint density at radius 3 is 2.65 bits per heavy atom. The van der Waals surface area contributed by atoms with E-state index in [-0.39, 0.29) is 0 Å². The van der Waals surface area contributed by atoms with Gasteiger partial charge in [-0.3, -0.25) is 0 Å². The predicted molar refractivity (Wildman–Crippen MR) is 71.2 cm³/mol. The molecule has 0 bridgehead atoms. The number of ether oxygens (including phenoxy) is 1. The normalized spacial score (nSPS) is 10.2. The molecule has 0 unspecified atom stereocenters. The smallest absolute Gasteiger partial charge is 0.119 e. The molecule has 0 spiro atoms. The Labute approximate surface area is 105 Å². The number of nitrogen functional groups attached to an aromatic ring is 1. The zero-order valence-corrected chi connectivity index (χ0v) is 10.4. The first-order chi connectivity index (χ1) is 8.29. The second kappa shape index (κ2) is 5.59. The summed E-state index contributed by atoms with van der Waals surface area (Å²) in [5, 5.41) is 0.878. The highest BCUT2D eigenvalue weighted by atomic mass is 32.2. The minimum absolute atomic E-state index is 0.728. The summed E-state index contributed by atoms with van der Waals surface area (Å²) in [7, 11) is 1.67. The van der Waals surface area contributed by atoms with Gasteiger partial charge in [0.15, 0.2) is 0 Å². The van der Waals surface area contributed by atoms with Crippen LogP contribution in [0.15, 0.2) is 47.6 Å². The molecule has 4 heteroatoms. The lowest BCUT2D eigenvalue weighted by atomic mass is 10.2. The molecule has 17 heavy (non-hydrogen) atoms. The number of pyridine rings is 1. The molecule has 0 fully saturated rings. The fourth-order valence-electron chi connectivity index (χ4n) is 1.40. The van der Waals surface area contributed by atoms with Gasteiger partial charge in [-0.05, 0) is 29.8 Å². The monoisotopic (exact) mass is 246 g/mol. The van der Waals surface area contributed by atoms with Crippen molar-refractivity contribution in [3.05, 3.63) is 48.2 Å². The van der Waals surface area contributed by atoms with E-state index in [2.05, 4.69) is 4.98 Å². The van der Waals surface area contributed by atoms with Crippen LogP contribution in [0.4, 0.5) is 5.69 Å². The third kappa shape index (κ3) is 3.14. The van der Waals surface area contributed by atoms with Crippen molar-refractivity contribution in [1.29, 1.82) is 0 Å². The number of thioether (sulfide) groups is 1. The molecular weight excluding hydrogens is 232 g/mol. The highest BCUT2D eigenvalue weighted by molar-refractivity contribution is 7.98. The molecule has 2 aromatic rings. The number of methoxy groups -OCH3 is 1. The second-order valence-corrected chi connectivity index (χ2v) is 4.50. The molecule has 1 aromatic carbocycles. The average Bonchev–Trinajstić information content (AvgIpc) is 2.38. The third-order valence-electron chi connectivity index (χ3n) is 2.34. The highest BCUT2D eigenvalue weighted by Gasteiger charge is 2.01. The maximum Gasteiger partial charge on any atom is 0.119 e. The Hall–Kier alpha value is -1.68. The van der Waals surface area contributed by atoms with Gasteiger partial charge in [0.25, 0.3) is 0 Å². The first kappa shape index (κ1) is 11.8. The van der Waals surface area contributed by atoms with Crippen LogP contribution in [0.2, 0.25) is 0 Å². The van der Waals surface area contributed by atoms with Crippen LogP contribution in [0.5, 0.6) is 5.75 Å². The molecule has 0 aliphatic rings. The summed E-state index contributed by atoms with van der Waals surface area (Å²) in [6.07, 6.45) is 1.76. The van der Waals surface area contributed by atoms with Crippen molar-refractivity contribution in [2.24, 2.45) is 0 Å². The Bertz CT molecular complexity index is 485. The lowest BCUT2D eigenvalue weighted by Gasteiger charge is -2.05. The van der Waals surface area contributed by atoms with Gasteiger partial charge in [0.05, 0.1) is 12.8 Å². The second-order valence-electron chi connectivity index (χ2n) is 3.53. The van der Waals surface area contributed by atoms with Crippen molar-refractivity contribution in [2.75, 3.05) is 12.8 Å². The topological polar surface area (TPSA) is 48.1 Å². The largest absolute Gasteiger partial charge is 0.497 e. The van der Waals surface area contributed by atoms with Crippen molar-refractivity contribution in [1.82, 2.24) is 4.98 Å². The molecule has 3 nitrogen and oxygen atoms in total. The summed E-state index contributed by atoms with van der Waals surface area (Å²) in [5.74, 6) is 1.72. The molecule has 1 heterocycles. The number of benzene rings is 1. The molecule has 88 valence electrons. The van der Waals surface area contributed by atoms with Gasteiger partial charge in [-0.1, -0.05) is 23.9 Å². The van der Waals surface area contributed by atoms with Gasteiger partial charge in [0.2, 0.25) is 0 Å². The van der Waals surface area contributed by atoms with E-state index in [1.54, 1.807) is 25.1 Å². The van der Waals surface area contributed by atoms with Gasteiger partial charge in [-0.15, -0.1) is 0 Å². The first-order valence-electron chi connectivity index (χ1n) is 5.26. The van der Waals surface area contributed by atoms with Gasteiger partial charge in [-0.2, -0.15) is 0 Å². The Morgan fingerprint density at radius 1 is 1.24 bits per heavy atom. The molecule has 0 atom stereocenters. The van der Waals surface area contributed by atoms with Crippen LogP contribution in [-0.4, -0.2) is 12.1 Å². The third-order valence-corrected chi connectivity index (χ3v) is 3.43. The SMILES string of the molecule is COc1ccc(CSc2ncccc2N)cc1. The molecular formula is C13H14N2OS. The zero-order valence-electron chi connectivity index (χ0n) is 9.59. The quantitative estimate of drug-likeness (QED) is 0.843. The number of hydrogen-bond acceptors (Lipinski definition) is 4. The summed E-state index contributed by atoms with van der Waals surface area (Å²) in [5.41, 5.74) is 7.78. The van der Waals surface area contributed by atoms with Crippen LogP contribution in [-0.2, 0) is 5.75 Å². The molecule has 1 aromatic heterocycles. The maximum atomic E-state index is 5.83. The van der Waals surface area contributed by atoms with Gasteiger partial charge in [-0.25, -0.2) is 4.98 Å². The van der Waals surface area contributed by atoms with Crippen LogP contribution >= 0.6 is 11.8 Å². The van der Waals surface area contributed by atoms with E-state index in [0.29, 0.717) is 0 Å². The molecule has 2 rings (SSSR count). The maximum absolute atomic E-state index is 5.83. The number of nitrogens with zero attached hydrogens (tertiary/aromatic N) is 1. The van der Waals surface area contributed by atoms with Crippen molar-refractivity contribution >= 4 is 17.4 Å². The fourth-order valence-corrected chi connectivity index (χ4v) is 2.26. The molecule has 0 amide bonds. The van der Waals surface area contributed by atoms with E-state index in [9.17, 15) is 0 Å². The Balaban J connectivity index is 2.00. The number of hydrogen-bond donors (Lipinski definition) is 1. The molecule has 0 aliphatic heterocycles. The lowest BCUT2D eigenvalue weighted by molar-refractivity contribution is 0.414. The van der Waals surface area contributed by atoms with E-state index in [1.165, 1.54) is 5.56 Å². The average molecular weight is 246 g/mol. The van der Waals surface area contributed by atoms with E-state index < -0.39 is 0 Å². The van der Waals surface area contributed by atoms with Gasteiger partial charge >= 0.3 is 0 Å². The number of anilines is 1. The van der Waals surface area contributed by atoms with Crippen LogP contribution in [0.3, 0.4) is 0 Å². The first-order valence-corrected chi connectivity index (χ1v) is 6.24. The lowest BCUT2D eigenvalue weighted by Crippen LogP contribution is -1.91. The summed E-state index contributed by atoms with van der Waals surface area (Å²) >= 11 is 1.64. The van der Waals surface area contributed by atoms with Crippen molar-refractivity contribution < 1.29 is 4.74 Å². The van der Waals surface area contributed by atoms with Crippen LogP contribution < -0.4 is 10.5 Å². The zero-order chi connectivity index (χ0) is 12.1. The molecule has 0 saturated heterocycles. The van der Waals surface area contributed by atoms with Crippen molar-refractivity contribution in [2.45, 2.75) is 10.8 Å². The summed E-state index contributed by atoms with van der Waals surface area (Å²) < 4.78 is 5.11. The van der Waals surface area contributed by atoms with Crippen LogP contribution in [0.25, 0.3) is 0 Å². The number of aromatic nitrogens is 1. The molecule has 0 aliphatic carbocycles.